The second-order valence-corrected chi connectivity index (χ2v) is 6.91. The number of hydrogen-bond acceptors (Lipinski definition) is 2. The molecule has 1 aromatic heterocycles. The second kappa shape index (κ2) is 5.16. The third kappa shape index (κ3) is 2.30. The van der Waals surface area contributed by atoms with Crippen molar-refractivity contribution in [1.82, 2.24) is 9.55 Å². The van der Waals surface area contributed by atoms with E-state index in [1.165, 1.54) is 35.4 Å². The molecular formula is C17H19BrN2O. The van der Waals surface area contributed by atoms with E-state index in [2.05, 4.69) is 39.6 Å². The van der Waals surface area contributed by atoms with E-state index in [0.717, 1.165) is 48.5 Å². The number of rotatable bonds is 2. The molecule has 21 heavy (non-hydrogen) atoms. The highest BCUT2D eigenvalue weighted by molar-refractivity contribution is 9.10. The molecule has 0 unspecified atom stereocenters. The monoisotopic (exact) mass is 346 g/mol. The Morgan fingerprint density at radius 1 is 1.24 bits per heavy atom. The third-order valence-corrected chi connectivity index (χ3v) is 5.04. The first kappa shape index (κ1) is 13.4. The topological polar surface area (TPSA) is 27.1 Å². The number of nitrogens with zero attached hydrogens (tertiary/aromatic N) is 2. The third-order valence-electron chi connectivity index (χ3n) is 4.58. The Kier molecular flexibility index (Phi) is 3.29. The number of fused-ring (bicyclic) bond motifs is 2. The predicted octanol–water partition coefficient (Wildman–Crippen LogP) is 3.82. The maximum absolute atomic E-state index is 5.86. The SMILES string of the molecule is Cc1nc2c(n1Cc1cc(Br)cc3c1OCC3)CCCC2. The van der Waals surface area contributed by atoms with Crippen LogP contribution in [0.3, 0.4) is 0 Å². The Morgan fingerprint density at radius 3 is 3.00 bits per heavy atom. The molecule has 0 fully saturated rings. The summed E-state index contributed by atoms with van der Waals surface area (Å²) in [6.07, 6.45) is 5.87. The standard InChI is InChI=1S/C17H19BrN2O/c1-11-19-15-4-2-3-5-16(15)20(11)10-13-9-14(18)8-12-6-7-21-17(12)13/h8-9H,2-7,10H2,1H3. The van der Waals surface area contributed by atoms with Crippen LogP contribution in [0.2, 0.25) is 0 Å². The molecule has 110 valence electrons. The highest BCUT2D eigenvalue weighted by Gasteiger charge is 2.22. The maximum Gasteiger partial charge on any atom is 0.127 e. The quantitative estimate of drug-likeness (QED) is 0.826. The highest BCUT2D eigenvalue weighted by atomic mass is 79.9. The molecule has 0 N–H and O–H groups in total. The number of aryl methyl sites for hydroxylation is 2. The summed E-state index contributed by atoms with van der Waals surface area (Å²) in [6.45, 7) is 3.80. The lowest BCUT2D eigenvalue weighted by Gasteiger charge is -2.16. The number of hydrogen-bond donors (Lipinski definition) is 0. The summed E-state index contributed by atoms with van der Waals surface area (Å²) in [5, 5.41) is 0. The Bertz CT molecular complexity index is 705. The predicted molar refractivity (Wildman–Crippen MR) is 86.0 cm³/mol. The fourth-order valence-corrected chi connectivity index (χ4v) is 4.13. The Labute approximate surface area is 133 Å². The van der Waals surface area contributed by atoms with Gasteiger partial charge in [-0.25, -0.2) is 4.98 Å². The summed E-state index contributed by atoms with van der Waals surface area (Å²) in [7, 11) is 0. The lowest BCUT2D eigenvalue weighted by molar-refractivity contribution is 0.352. The van der Waals surface area contributed by atoms with E-state index in [4.69, 9.17) is 9.72 Å². The molecule has 1 aliphatic heterocycles. The van der Waals surface area contributed by atoms with Crippen molar-refractivity contribution in [2.24, 2.45) is 0 Å². The van der Waals surface area contributed by atoms with Crippen LogP contribution in [0, 0.1) is 6.92 Å². The Balaban J connectivity index is 1.76. The van der Waals surface area contributed by atoms with Crippen LogP contribution in [-0.2, 0) is 25.8 Å². The average Bonchev–Trinajstić information content (AvgIpc) is 3.04. The molecule has 1 aliphatic carbocycles. The zero-order valence-corrected chi connectivity index (χ0v) is 13.9. The number of halogens is 1. The van der Waals surface area contributed by atoms with Crippen molar-refractivity contribution < 1.29 is 4.74 Å². The molecule has 4 heteroatoms. The van der Waals surface area contributed by atoms with Gasteiger partial charge in [-0.2, -0.15) is 0 Å². The minimum absolute atomic E-state index is 0.805. The van der Waals surface area contributed by atoms with Crippen LogP contribution in [0.15, 0.2) is 16.6 Å². The molecule has 1 aromatic carbocycles. The molecule has 0 bridgehead atoms. The van der Waals surface area contributed by atoms with E-state index in [-0.39, 0.29) is 0 Å². The molecule has 0 atom stereocenters. The minimum Gasteiger partial charge on any atom is -0.493 e. The van der Waals surface area contributed by atoms with Crippen LogP contribution in [0.1, 0.15) is 41.2 Å². The first-order valence-corrected chi connectivity index (χ1v) is 8.50. The van der Waals surface area contributed by atoms with Gasteiger partial charge in [0.25, 0.3) is 0 Å². The van der Waals surface area contributed by atoms with Gasteiger partial charge in [0.15, 0.2) is 0 Å². The second-order valence-electron chi connectivity index (χ2n) is 6.00. The number of benzene rings is 1. The van der Waals surface area contributed by atoms with Gasteiger partial charge in [-0.3, -0.25) is 0 Å². The smallest absolute Gasteiger partial charge is 0.127 e. The molecule has 0 spiro atoms. The first-order valence-electron chi connectivity index (χ1n) is 7.71. The summed E-state index contributed by atoms with van der Waals surface area (Å²) >= 11 is 3.63. The zero-order chi connectivity index (χ0) is 14.4. The van der Waals surface area contributed by atoms with Crippen LogP contribution in [-0.4, -0.2) is 16.2 Å². The molecule has 2 aliphatic rings. The van der Waals surface area contributed by atoms with Crippen LogP contribution in [0.25, 0.3) is 0 Å². The van der Waals surface area contributed by atoms with Gasteiger partial charge >= 0.3 is 0 Å². The van der Waals surface area contributed by atoms with Gasteiger partial charge in [-0.15, -0.1) is 0 Å². The fourth-order valence-electron chi connectivity index (χ4n) is 3.58. The van der Waals surface area contributed by atoms with E-state index in [0.29, 0.717) is 0 Å². The van der Waals surface area contributed by atoms with Gasteiger partial charge < -0.3 is 9.30 Å². The van der Waals surface area contributed by atoms with Gasteiger partial charge in [0.05, 0.1) is 18.8 Å². The molecule has 2 aromatic rings. The molecule has 4 rings (SSSR count). The van der Waals surface area contributed by atoms with E-state index in [9.17, 15) is 0 Å². The maximum atomic E-state index is 5.86. The zero-order valence-electron chi connectivity index (χ0n) is 12.3. The largest absolute Gasteiger partial charge is 0.493 e. The van der Waals surface area contributed by atoms with Gasteiger partial charge in [0.1, 0.15) is 11.6 Å². The highest BCUT2D eigenvalue weighted by Crippen LogP contribution is 2.34. The molecule has 2 heterocycles. The summed E-state index contributed by atoms with van der Waals surface area (Å²) < 4.78 is 9.40. The molecule has 0 radical (unpaired) electrons. The molecule has 0 saturated heterocycles. The number of ether oxygens (including phenoxy) is 1. The van der Waals surface area contributed by atoms with E-state index >= 15 is 0 Å². The molecule has 3 nitrogen and oxygen atoms in total. The van der Waals surface area contributed by atoms with Crippen molar-refractivity contribution in [3.63, 3.8) is 0 Å². The number of aromatic nitrogens is 2. The van der Waals surface area contributed by atoms with Crippen LogP contribution in [0.4, 0.5) is 0 Å². The van der Waals surface area contributed by atoms with Gasteiger partial charge in [-0.05, 0) is 50.3 Å². The Hall–Kier alpha value is -1.29. The molecule has 0 amide bonds. The van der Waals surface area contributed by atoms with Crippen molar-refractivity contribution in [3.05, 3.63) is 44.9 Å². The minimum atomic E-state index is 0.805. The van der Waals surface area contributed by atoms with Gasteiger partial charge in [0, 0.05) is 22.2 Å². The fraction of sp³-hybridized carbons (Fsp3) is 0.471. The summed E-state index contributed by atoms with van der Waals surface area (Å²) in [4.78, 5) is 4.77. The van der Waals surface area contributed by atoms with E-state index in [1.807, 2.05) is 0 Å². The van der Waals surface area contributed by atoms with Gasteiger partial charge in [0.2, 0.25) is 0 Å². The van der Waals surface area contributed by atoms with Crippen molar-refractivity contribution >= 4 is 15.9 Å². The molecule has 0 saturated carbocycles. The van der Waals surface area contributed by atoms with Gasteiger partial charge in [-0.1, -0.05) is 15.9 Å². The number of imidazole rings is 1. The lowest BCUT2D eigenvalue weighted by atomic mass is 10.0. The molecular weight excluding hydrogens is 328 g/mol. The van der Waals surface area contributed by atoms with E-state index in [1.54, 1.807) is 0 Å². The van der Waals surface area contributed by atoms with Crippen molar-refractivity contribution in [1.29, 1.82) is 0 Å². The van der Waals surface area contributed by atoms with Crippen molar-refractivity contribution in [2.75, 3.05) is 6.61 Å². The van der Waals surface area contributed by atoms with Crippen LogP contribution < -0.4 is 4.74 Å². The Morgan fingerprint density at radius 2 is 2.10 bits per heavy atom. The van der Waals surface area contributed by atoms with Crippen molar-refractivity contribution in [3.8, 4) is 5.75 Å². The van der Waals surface area contributed by atoms with Crippen LogP contribution in [0.5, 0.6) is 5.75 Å². The van der Waals surface area contributed by atoms with E-state index < -0.39 is 0 Å². The van der Waals surface area contributed by atoms with Crippen LogP contribution >= 0.6 is 15.9 Å². The van der Waals surface area contributed by atoms with Crippen molar-refractivity contribution in [2.45, 2.75) is 45.6 Å². The first-order chi connectivity index (χ1) is 10.2. The summed E-state index contributed by atoms with van der Waals surface area (Å²) in [5.74, 6) is 2.23. The lowest BCUT2D eigenvalue weighted by Crippen LogP contribution is -2.11. The normalized spacial score (nSPS) is 16.5. The summed E-state index contributed by atoms with van der Waals surface area (Å²) in [6, 6.07) is 4.38. The summed E-state index contributed by atoms with van der Waals surface area (Å²) in [5.41, 5.74) is 5.34. The average molecular weight is 347 g/mol.